The number of amides is 1. The number of nitrogens with zero attached hydrogens (tertiary/aromatic N) is 2. The molecule has 0 saturated carbocycles. The molecule has 1 aliphatic rings. The topological polar surface area (TPSA) is 67.5 Å². The normalized spacial score (nSPS) is 16.4. The number of aromatic nitrogens is 2. The predicted molar refractivity (Wildman–Crippen MR) is 104 cm³/mol. The lowest BCUT2D eigenvalue weighted by atomic mass is 9.98. The Kier molecular flexibility index (Phi) is 5.01. The third-order valence-electron chi connectivity index (χ3n) is 4.68. The van der Waals surface area contributed by atoms with Crippen molar-refractivity contribution in [2.24, 2.45) is 0 Å². The Morgan fingerprint density at radius 3 is 2.63 bits per heavy atom. The Labute approximate surface area is 165 Å². The number of rotatable bonds is 6. The fourth-order valence-electron chi connectivity index (χ4n) is 3.38. The second-order valence-electron chi connectivity index (χ2n) is 6.15. The Morgan fingerprint density at radius 2 is 2.00 bits per heavy atom. The van der Waals surface area contributed by atoms with Crippen molar-refractivity contribution in [1.82, 2.24) is 15.1 Å². The summed E-state index contributed by atoms with van der Waals surface area (Å²) < 4.78 is 10.7. The lowest BCUT2D eigenvalue weighted by molar-refractivity contribution is -0.113. The zero-order valence-electron chi connectivity index (χ0n) is 14.8. The monoisotopic (exact) mass is 403 g/mol. The summed E-state index contributed by atoms with van der Waals surface area (Å²) >= 11 is 7.67. The number of aromatic amines is 1. The minimum atomic E-state index is -0.526. The van der Waals surface area contributed by atoms with Crippen molar-refractivity contribution in [3.05, 3.63) is 63.6 Å². The van der Waals surface area contributed by atoms with E-state index < -0.39 is 6.29 Å². The number of halogens is 1. The first-order valence-electron chi connectivity index (χ1n) is 8.38. The van der Waals surface area contributed by atoms with Crippen molar-refractivity contribution in [3.8, 4) is 10.6 Å². The van der Waals surface area contributed by atoms with Crippen LogP contribution in [0.15, 0.2) is 41.8 Å². The van der Waals surface area contributed by atoms with Gasteiger partial charge in [-0.2, -0.15) is 5.10 Å². The van der Waals surface area contributed by atoms with Crippen LogP contribution < -0.4 is 0 Å². The van der Waals surface area contributed by atoms with E-state index in [9.17, 15) is 4.79 Å². The molecule has 1 aromatic carbocycles. The number of hydrogen-bond donors (Lipinski definition) is 1. The number of ether oxygens (including phenoxy) is 2. The van der Waals surface area contributed by atoms with Crippen LogP contribution in [0.25, 0.3) is 10.6 Å². The number of hydrogen-bond acceptors (Lipinski definition) is 5. The molecule has 0 fully saturated rings. The molecule has 140 valence electrons. The van der Waals surface area contributed by atoms with Crippen molar-refractivity contribution >= 4 is 28.8 Å². The fraction of sp³-hybridized carbons (Fsp3) is 0.263. The highest BCUT2D eigenvalue weighted by Crippen LogP contribution is 2.43. The van der Waals surface area contributed by atoms with E-state index in [0.717, 1.165) is 21.7 Å². The van der Waals surface area contributed by atoms with Crippen molar-refractivity contribution in [2.75, 3.05) is 20.8 Å². The fourth-order valence-corrected chi connectivity index (χ4v) is 4.24. The number of nitrogens with one attached hydrogen (secondary N) is 1. The molecule has 8 heteroatoms. The first-order chi connectivity index (χ1) is 13.1. The zero-order chi connectivity index (χ0) is 19.0. The highest BCUT2D eigenvalue weighted by molar-refractivity contribution is 7.13. The van der Waals surface area contributed by atoms with Gasteiger partial charge >= 0.3 is 0 Å². The van der Waals surface area contributed by atoms with Gasteiger partial charge in [0, 0.05) is 24.8 Å². The molecule has 3 heterocycles. The first-order valence-corrected chi connectivity index (χ1v) is 9.64. The van der Waals surface area contributed by atoms with Crippen LogP contribution in [-0.4, -0.2) is 48.1 Å². The highest BCUT2D eigenvalue weighted by atomic mass is 35.5. The van der Waals surface area contributed by atoms with Gasteiger partial charge in [-0.15, -0.1) is 11.3 Å². The average Bonchev–Trinajstić information content (AvgIpc) is 3.39. The molecule has 0 saturated heterocycles. The van der Waals surface area contributed by atoms with E-state index in [1.807, 2.05) is 41.8 Å². The van der Waals surface area contributed by atoms with Crippen molar-refractivity contribution < 1.29 is 14.3 Å². The summed E-state index contributed by atoms with van der Waals surface area (Å²) in [5.41, 5.74) is 3.12. The summed E-state index contributed by atoms with van der Waals surface area (Å²) in [5, 5.41) is 10.0. The Balaban J connectivity index is 1.83. The summed E-state index contributed by atoms with van der Waals surface area (Å²) in [6, 6.07) is 11.2. The van der Waals surface area contributed by atoms with Crippen LogP contribution in [-0.2, 0) is 9.47 Å². The van der Waals surface area contributed by atoms with Crippen molar-refractivity contribution in [1.29, 1.82) is 0 Å². The number of fused-ring (bicyclic) bond motifs is 1. The quantitative estimate of drug-likeness (QED) is 0.632. The van der Waals surface area contributed by atoms with E-state index in [1.165, 1.54) is 0 Å². The van der Waals surface area contributed by atoms with Gasteiger partial charge in [0.15, 0.2) is 12.0 Å². The van der Waals surface area contributed by atoms with E-state index in [1.54, 1.807) is 30.5 Å². The maximum absolute atomic E-state index is 13.1. The molecule has 27 heavy (non-hydrogen) atoms. The number of carbonyl (C=O) groups excluding carboxylic acids is 1. The SMILES string of the molecule is COC(CN1C(=O)c2n[nH]c(-c3cccs3)c2C1c1ccc(Cl)cc1)OC. The van der Waals surface area contributed by atoms with Crippen LogP contribution in [0.5, 0.6) is 0 Å². The maximum Gasteiger partial charge on any atom is 0.275 e. The van der Waals surface area contributed by atoms with Gasteiger partial charge in [0.05, 0.1) is 23.2 Å². The molecule has 4 rings (SSSR count). The molecular formula is C19H18ClN3O3S. The Hall–Kier alpha value is -2.19. The van der Waals surface area contributed by atoms with E-state index >= 15 is 0 Å². The molecule has 1 atom stereocenters. The molecule has 1 unspecified atom stereocenters. The van der Waals surface area contributed by atoms with Crippen LogP contribution in [0.1, 0.15) is 27.7 Å². The second kappa shape index (κ2) is 7.44. The van der Waals surface area contributed by atoms with Crippen LogP contribution in [0.4, 0.5) is 0 Å². The molecule has 0 aliphatic carbocycles. The number of thiophene rings is 1. The zero-order valence-corrected chi connectivity index (χ0v) is 16.4. The van der Waals surface area contributed by atoms with E-state index in [-0.39, 0.29) is 11.9 Å². The van der Waals surface area contributed by atoms with Crippen LogP contribution in [0.3, 0.4) is 0 Å². The van der Waals surface area contributed by atoms with Gasteiger partial charge in [0.2, 0.25) is 0 Å². The smallest absolute Gasteiger partial charge is 0.275 e. The van der Waals surface area contributed by atoms with Gasteiger partial charge in [-0.3, -0.25) is 9.89 Å². The number of benzene rings is 1. The predicted octanol–water partition coefficient (Wildman–Crippen LogP) is 3.96. The largest absolute Gasteiger partial charge is 0.354 e. The summed E-state index contributed by atoms with van der Waals surface area (Å²) in [6.07, 6.45) is -0.526. The standard InChI is InChI=1S/C19H18ClN3O3S/c1-25-14(26-2)10-23-18(11-5-7-12(20)8-6-11)15-16(13-4-3-9-27-13)21-22-17(15)19(23)24/h3-9,14,18H,10H2,1-2H3,(H,21,22). The molecule has 3 aromatic rings. The average molecular weight is 404 g/mol. The molecule has 1 N–H and O–H groups in total. The van der Waals surface area contributed by atoms with Gasteiger partial charge in [-0.05, 0) is 29.1 Å². The summed E-state index contributed by atoms with van der Waals surface area (Å²) in [4.78, 5) is 15.9. The van der Waals surface area contributed by atoms with Gasteiger partial charge in [-0.1, -0.05) is 29.8 Å². The van der Waals surface area contributed by atoms with Crippen molar-refractivity contribution in [2.45, 2.75) is 12.3 Å². The molecule has 2 aromatic heterocycles. The van der Waals surface area contributed by atoms with E-state index in [2.05, 4.69) is 10.2 Å². The number of methoxy groups -OCH3 is 2. The molecule has 1 aliphatic heterocycles. The van der Waals surface area contributed by atoms with Gasteiger partial charge in [-0.25, -0.2) is 0 Å². The molecule has 0 spiro atoms. The van der Waals surface area contributed by atoms with E-state index in [0.29, 0.717) is 17.3 Å². The minimum absolute atomic E-state index is 0.150. The Bertz CT molecular complexity index is 936. The lowest BCUT2D eigenvalue weighted by Crippen LogP contribution is -2.38. The van der Waals surface area contributed by atoms with Crippen LogP contribution in [0.2, 0.25) is 5.02 Å². The maximum atomic E-state index is 13.1. The molecule has 6 nitrogen and oxygen atoms in total. The first kappa shape index (κ1) is 18.2. The van der Waals surface area contributed by atoms with Gasteiger partial charge < -0.3 is 14.4 Å². The van der Waals surface area contributed by atoms with Crippen LogP contribution >= 0.6 is 22.9 Å². The summed E-state index contributed by atoms with van der Waals surface area (Å²) in [7, 11) is 3.12. The van der Waals surface area contributed by atoms with Gasteiger partial charge in [0.1, 0.15) is 0 Å². The molecule has 0 bridgehead atoms. The van der Waals surface area contributed by atoms with E-state index in [4.69, 9.17) is 21.1 Å². The third-order valence-corrected chi connectivity index (χ3v) is 5.82. The second-order valence-corrected chi connectivity index (χ2v) is 7.53. The molecule has 0 radical (unpaired) electrons. The van der Waals surface area contributed by atoms with Crippen molar-refractivity contribution in [3.63, 3.8) is 0 Å². The third kappa shape index (κ3) is 3.17. The minimum Gasteiger partial charge on any atom is -0.354 e. The van der Waals surface area contributed by atoms with Crippen LogP contribution in [0, 0.1) is 0 Å². The number of carbonyl (C=O) groups is 1. The molecule has 1 amide bonds. The lowest BCUT2D eigenvalue weighted by Gasteiger charge is -2.29. The number of H-pyrrole nitrogens is 1. The molecular weight excluding hydrogens is 386 g/mol. The van der Waals surface area contributed by atoms with Gasteiger partial charge in [0.25, 0.3) is 5.91 Å². The summed E-state index contributed by atoms with van der Waals surface area (Å²) in [5.74, 6) is -0.150. The Morgan fingerprint density at radius 1 is 1.26 bits per heavy atom. The highest BCUT2D eigenvalue weighted by Gasteiger charge is 2.43. The summed E-state index contributed by atoms with van der Waals surface area (Å²) in [6.45, 7) is 0.291.